The van der Waals surface area contributed by atoms with E-state index in [4.69, 9.17) is 25.5 Å². The Kier molecular flexibility index (Phi) is 5.17. The summed E-state index contributed by atoms with van der Waals surface area (Å²) in [5.41, 5.74) is 1.96. The van der Waals surface area contributed by atoms with Crippen molar-refractivity contribution in [2.24, 2.45) is 0 Å². The van der Waals surface area contributed by atoms with Gasteiger partial charge in [-0.25, -0.2) is 17.7 Å². The molecule has 0 saturated carbocycles. The van der Waals surface area contributed by atoms with Gasteiger partial charge in [-0.3, -0.25) is 0 Å². The van der Waals surface area contributed by atoms with Crippen LogP contribution in [0.4, 0.5) is 0 Å². The van der Waals surface area contributed by atoms with Crippen molar-refractivity contribution >= 4 is 44.5 Å². The fraction of sp³-hybridized carbons (Fsp3) is 0.278. The van der Waals surface area contributed by atoms with Gasteiger partial charge in [-0.1, -0.05) is 23.4 Å². The molecule has 10 heteroatoms. The average Bonchev–Trinajstić information content (AvgIpc) is 3.08. The van der Waals surface area contributed by atoms with Crippen LogP contribution < -0.4 is 9.47 Å². The molecule has 1 aliphatic rings. The van der Waals surface area contributed by atoms with E-state index in [0.717, 1.165) is 9.87 Å². The molecule has 28 heavy (non-hydrogen) atoms. The molecule has 0 bridgehead atoms. The number of hydrogen-bond donors (Lipinski definition) is 0. The molecule has 0 aliphatic carbocycles. The molecule has 1 aromatic heterocycles. The topological polar surface area (TPSA) is 81.9 Å². The number of fused-ring (bicyclic) bond motifs is 2. The summed E-state index contributed by atoms with van der Waals surface area (Å²) in [4.78, 5) is 4.57. The Morgan fingerprint density at radius 2 is 1.96 bits per heavy atom. The molecule has 0 radical (unpaired) electrons. The number of aromatic nitrogens is 1. The zero-order valence-corrected chi connectivity index (χ0v) is 17.5. The number of rotatable bonds is 5. The Labute approximate surface area is 171 Å². The first-order chi connectivity index (χ1) is 13.3. The van der Waals surface area contributed by atoms with E-state index in [1.807, 2.05) is 12.1 Å². The molecule has 2 heterocycles. The predicted molar refractivity (Wildman–Crippen MR) is 107 cm³/mol. The van der Waals surface area contributed by atoms with E-state index in [1.165, 1.54) is 38.0 Å². The van der Waals surface area contributed by atoms with Crippen molar-refractivity contribution in [2.45, 2.75) is 15.9 Å². The molecule has 7 nitrogen and oxygen atoms in total. The third-order valence-corrected chi connectivity index (χ3v) is 7.13. The summed E-state index contributed by atoms with van der Waals surface area (Å²) in [5.74, 6) is 1.76. The molecule has 0 N–H and O–H groups in total. The molecule has 3 aromatic rings. The lowest BCUT2D eigenvalue weighted by molar-refractivity contribution is 0.171. The Morgan fingerprint density at radius 1 is 1.18 bits per heavy atom. The van der Waals surface area contributed by atoms with Gasteiger partial charge in [-0.2, -0.15) is 0 Å². The molecule has 0 saturated heterocycles. The number of ether oxygens (including phenoxy) is 2. The monoisotopic (exact) mass is 440 g/mol. The number of oxazole rings is 1. The molecule has 0 unspecified atom stereocenters. The summed E-state index contributed by atoms with van der Waals surface area (Å²) in [6, 6.07) is 8.35. The fourth-order valence-corrected chi connectivity index (χ4v) is 4.69. The van der Waals surface area contributed by atoms with Crippen LogP contribution >= 0.6 is 23.4 Å². The van der Waals surface area contributed by atoms with Crippen LogP contribution in [0.1, 0.15) is 5.56 Å². The summed E-state index contributed by atoms with van der Waals surface area (Å²) in [6.45, 7) is 0.971. The zero-order chi connectivity index (χ0) is 19.9. The highest BCUT2D eigenvalue weighted by Gasteiger charge is 2.20. The third kappa shape index (κ3) is 3.67. The van der Waals surface area contributed by atoms with E-state index in [0.29, 0.717) is 51.8 Å². The van der Waals surface area contributed by atoms with Crippen LogP contribution in [0.15, 0.2) is 44.9 Å². The molecule has 2 aromatic carbocycles. The van der Waals surface area contributed by atoms with Crippen molar-refractivity contribution in [3.63, 3.8) is 0 Å². The second kappa shape index (κ2) is 7.47. The molecule has 148 valence electrons. The summed E-state index contributed by atoms with van der Waals surface area (Å²) in [6.07, 6.45) is 0. The number of hydrogen-bond acceptors (Lipinski definition) is 7. The van der Waals surface area contributed by atoms with Crippen molar-refractivity contribution in [3.05, 3.63) is 40.9 Å². The lowest BCUT2D eigenvalue weighted by Crippen LogP contribution is -2.22. The summed E-state index contributed by atoms with van der Waals surface area (Å²) < 4.78 is 42.5. The van der Waals surface area contributed by atoms with Crippen LogP contribution in [0, 0.1) is 0 Å². The zero-order valence-electron chi connectivity index (χ0n) is 15.1. The first-order valence-electron chi connectivity index (χ1n) is 8.38. The minimum atomic E-state index is -3.52. The van der Waals surface area contributed by atoms with Gasteiger partial charge in [0.15, 0.2) is 17.1 Å². The van der Waals surface area contributed by atoms with Gasteiger partial charge in [-0.15, -0.1) is 0 Å². The van der Waals surface area contributed by atoms with Crippen LogP contribution in [0.5, 0.6) is 11.5 Å². The number of benzene rings is 2. The molecule has 0 spiro atoms. The molecular formula is C18H17ClN2O5S2. The Bertz CT molecular complexity index is 1140. The minimum Gasteiger partial charge on any atom is -0.486 e. The van der Waals surface area contributed by atoms with Crippen molar-refractivity contribution in [3.8, 4) is 11.5 Å². The molecule has 1 aliphatic heterocycles. The van der Waals surface area contributed by atoms with E-state index in [-0.39, 0.29) is 4.90 Å². The van der Waals surface area contributed by atoms with Crippen LogP contribution in [0.3, 0.4) is 0 Å². The van der Waals surface area contributed by atoms with Gasteiger partial charge in [0.05, 0.1) is 9.92 Å². The van der Waals surface area contributed by atoms with E-state index >= 15 is 0 Å². The third-order valence-electron chi connectivity index (χ3n) is 4.14. The largest absolute Gasteiger partial charge is 0.486 e. The van der Waals surface area contributed by atoms with Crippen LogP contribution in [-0.2, 0) is 15.8 Å². The van der Waals surface area contributed by atoms with Gasteiger partial charge in [-0.05, 0) is 35.9 Å². The average molecular weight is 441 g/mol. The van der Waals surface area contributed by atoms with Crippen molar-refractivity contribution in [2.75, 3.05) is 27.3 Å². The van der Waals surface area contributed by atoms with E-state index in [1.54, 1.807) is 6.07 Å². The molecule has 4 rings (SSSR count). The maximum atomic E-state index is 12.3. The number of thioether (sulfide) groups is 1. The molecule has 0 fully saturated rings. The van der Waals surface area contributed by atoms with Gasteiger partial charge in [0.2, 0.25) is 10.0 Å². The number of nitrogens with zero attached hydrogens (tertiary/aromatic N) is 2. The lowest BCUT2D eigenvalue weighted by atomic mass is 10.2. The van der Waals surface area contributed by atoms with Gasteiger partial charge in [0.25, 0.3) is 5.22 Å². The summed E-state index contributed by atoms with van der Waals surface area (Å²) >= 11 is 7.65. The Hall–Kier alpha value is -1.94. The van der Waals surface area contributed by atoms with E-state index in [2.05, 4.69) is 4.98 Å². The first kappa shape index (κ1) is 19.4. The van der Waals surface area contributed by atoms with E-state index < -0.39 is 10.0 Å². The maximum Gasteiger partial charge on any atom is 0.257 e. The number of halogens is 1. The van der Waals surface area contributed by atoms with Crippen LogP contribution in [-0.4, -0.2) is 45.0 Å². The van der Waals surface area contributed by atoms with Gasteiger partial charge < -0.3 is 13.9 Å². The first-order valence-corrected chi connectivity index (χ1v) is 11.2. The summed E-state index contributed by atoms with van der Waals surface area (Å²) in [5, 5.41) is 0.948. The maximum absolute atomic E-state index is 12.3. The van der Waals surface area contributed by atoms with Gasteiger partial charge in [0.1, 0.15) is 18.7 Å². The van der Waals surface area contributed by atoms with E-state index in [9.17, 15) is 8.42 Å². The summed E-state index contributed by atoms with van der Waals surface area (Å²) in [7, 11) is -0.547. The highest BCUT2D eigenvalue weighted by Crippen LogP contribution is 2.39. The quantitative estimate of drug-likeness (QED) is 0.558. The van der Waals surface area contributed by atoms with Crippen molar-refractivity contribution in [1.29, 1.82) is 0 Å². The Balaban J connectivity index is 1.55. The predicted octanol–water partition coefficient (Wildman–Crippen LogP) is 3.80. The van der Waals surface area contributed by atoms with Crippen molar-refractivity contribution in [1.82, 2.24) is 9.29 Å². The smallest absolute Gasteiger partial charge is 0.257 e. The number of sulfonamides is 1. The second-order valence-electron chi connectivity index (χ2n) is 6.29. The highest BCUT2D eigenvalue weighted by molar-refractivity contribution is 7.98. The Morgan fingerprint density at radius 3 is 2.75 bits per heavy atom. The minimum absolute atomic E-state index is 0.175. The van der Waals surface area contributed by atoms with Crippen LogP contribution in [0.25, 0.3) is 11.1 Å². The van der Waals surface area contributed by atoms with Crippen molar-refractivity contribution < 1.29 is 22.3 Å². The van der Waals surface area contributed by atoms with Crippen LogP contribution in [0.2, 0.25) is 5.02 Å². The lowest BCUT2D eigenvalue weighted by Gasteiger charge is -2.20. The molecule has 0 atom stereocenters. The highest BCUT2D eigenvalue weighted by atomic mass is 35.5. The standard InChI is InChI=1S/C18H17ClN2O5S2/c1-21(2)28(22,23)12-3-4-15-14(9-12)20-18(26-15)27-10-11-7-13(19)17-16(8-11)24-5-6-25-17/h3-4,7-9H,5-6,10H2,1-2H3. The molecule has 0 amide bonds. The molecular weight excluding hydrogens is 424 g/mol. The second-order valence-corrected chi connectivity index (χ2v) is 9.77. The van der Waals surface area contributed by atoms with Gasteiger partial charge in [0, 0.05) is 19.8 Å². The SMILES string of the molecule is CN(C)S(=O)(=O)c1ccc2oc(SCc3cc(Cl)c4c(c3)OCCO4)nc2c1. The van der Waals surface area contributed by atoms with Gasteiger partial charge >= 0.3 is 0 Å². The normalized spacial score (nSPS) is 14.0. The fourth-order valence-electron chi connectivity index (χ4n) is 2.71.